The monoisotopic (exact) mass is 278 g/mol. The van der Waals surface area contributed by atoms with Crippen LogP contribution in [0.4, 0.5) is 10.5 Å². The van der Waals surface area contributed by atoms with E-state index < -0.39 is 11.4 Å². The summed E-state index contributed by atoms with van der Waals surface area (Å²) in [6.45, 7) is 7.17. The zero-order valence-corrected chi connectivity index (χ0v) is 12.7. The molecule has 0 fully saturated rings. The van der Waals surface area contributed by atoms with Crippen molar-refractivity contribution in [3.05, 3.63) is 29.3 Å². The van der Waals surface area contributed by atoms with E-state index in [1.165, 1.54) is 4.90 Å². The first kappa shape index (κ1) is 16.0. The molecule has 20 heavy (non-hydrogen) atoms. The molecule has 2 amide bonds. The van der Waals surface area contributed by atoms with Crippen LogP contribution in [0, 0.1) is 19.3 Å². The highest BCUT2D eigenvalue weighted by Gasteiger charge is 2.28. The molecular weight excluding hydrogens is 256 g/mol. The Labute approximate surface area is 119 Å². The molecule has 0 saturated carbocycles. The van der Waals surface area contributed by atoms with Gasteiger partial charge >= 0.3 is 12.0 Å². The van der Waals surface area contributed by atoms with Crippen LogP contribution in [-0.2, 0) is 4.79 Å². The number of carbonyl (C=O) groups excluding carboxylic acids is 1. The van der Waals surface area contributed by atoms with Crippen LogP contribution < -0.4 is 10.2 Å². The predicted molar refractivity (Wildman–Crippen MR) is 79.1 cm³/mol. The molecule has 0 unspecified atom stereocenters. The minimum Gasteiger partial charge on any atom is -0.481 e. The Morgan fingerprint density at radius 3 is 2.15 bits per heavy atom. The number of urea groups is 1. The number of aryl methyl sites for hydroxylation is 2. The number of carbonyl (C=O) groups is 2. The van der Waals surface area contributed by atoms with Crippen LogP contribution in [0.15, 0.2) is 18.2 Å². The molecule has 110 valence electrons. The largest absolute Gasteiger partial charge is 0.481 e. The summed E-state index contributed by atoms with van der Waals surface area (Å²) >= 11 is 0. The molecular formula is C15H22N2O3. The first-order valence-electron chi connectivity index (χ1n) is 6.47. The van der Waals surface area contributed by atoms with Gasteiger partial charge in [0.25, 0.3) is 0 Å². The molecule has 0 aliphatic heterocycles. The maximum atomic E-state index is 12.1. The number of anilines is 1. The molecule has 0 atom stereocenters. The summed E-state index contributed by atoms with van der Waals surface area (Å²) in [5, 5.41) is 11.7. The molecule has 5 nitrogen and oxygen atoms in total. The first-order chi connectivity index (χ1) is 9.13. The second kappa shape index (κ2) is 5.94. The van der Waals surface area contributed by atoms with Crippen LogP contribution in [0.2, 0.25) is 0 Å². The molecule has 1 rings (SSSR count). The second-order valence-electron chi connectivity index (χ2n) is 5.75. The van der Waals surface area contributed by atoms with Crippen LogP contribution in [0.5, 0.6) is 0 Å². The Balaban J connectivity index is 2.75. The minimum absolute atomic E-state index is 0.0797. The molecule has 1 aromatic carbocycles. The fraction of sp³-hybridized carbons (Fsp3) is 0.467. The lowest BCUT2D eigenvalue weighted by Crippen LogP contribution is -2.44. The number of hydrogen-bond acceptors (Lipinski definition) is 2. The summed E-state index contributed by atoms with van der Waals surface area (Å²) in [5.74, 6) is -0.938. The minimum atomic E-state index is -0.987. The van der Waals surface area contributed by atoms with Gasteiger partial charge in [-0.3, -0.25) is 9.69 Å². The Kier molecular flexibility index (Phi) is 4.76. The number of benzene rings is 1. The molecule has 0 bridgehead atoms. The van der Waals surface area contributed by atoms with Crippen molar-refractivity contribution >= 4 is 17.7 Å². The van der Waals surface area contributed by atoms with Gasteiger partial charge in [-0.05, 0) is 51.0 Å². The molecule has 0 saturated heterocycles. The van der Waals surface area contributed by atoms with Crippen molar-refractivity contribution in [1.82, 2.24) is 5.32 Å². The standard InChI is InChI=1S/C15H22N2O3/c1-10-6-11(2)8-12(7-10)17(5)14(20)16-9-15(3,4)13(18)19/h6-8H,9H2,1-5H3,(H,16,20)(H,18,19). The summed E-state index contributed by atoms with van der Waals surface area (Å²) in [6, 6.07) is 5.54. The van der Waals surface area contributed by atoms with Gasteiger partial charge in [-0.1, -0.05) is 6.07 Å². The van der Waals surface area contributed by atoms with E-state index in [1.54, 1.807) is 20.9 Å². The summed E-state index contributed by atoms with van der Waals surface area (Å²) < 4.78 is 0. The number of rotatable bonds is 4. The van der Waals surface area contributed by atoms with Crippen molar-refractivity contribution in [2.24, 2.45) is 5.41 Å². The zero-order valence-electron chi connectivity index (χ0n) is 12.7. The third kappa shape index (κ3) is 3.98. The van der Waals surface area contributed by atoms with E-state index in [1.807, 2.05) is 32.0 Å². The van der Waals surface area contributed by atoms with E-state index in [0.29, 0.717) is 0 Å². The molecule has 0 aliphatic rings. The lowest BCUT2D eigenvalue weighted by Gasteiger charge is -2.23. The smallest absolute Gasteiger partial charge is 0.321 e. The number of nitrogens with zero attached hydrogens (tertiary/aromatic N) is 1. The van der Waals surface area contributed by atoms with Gasteiger partial charge in [0.15, 0.2) is 0 Å². The van der Waals surface area contributed by atoms with E-state index in [0.717, 1.165) is 16.8 Å². The number of amides is 2. The van der Waals surface area contributed by atoms with E-state index in [4.69, 9.17) is 5.11 Å². The number of aliphatic carboxylic acids is 1. The van der Waals surface area contributed by atoms with Crippen LogP contribution in [0.25, 0.3) is 0 Å². The van der Waals surface area contributed by atoms with Gasteiger partial charge in [-0.2, -0.15) is 0 Å². The average Bonchev–Trinajstić information content (AvgIpc) is 2.33. The van der Waals surface area contributed by atoms with E-state index >= 15 is 0 Å². The highest BCUT2D eigenvalue weighted by atomic mass is 16.4. The van der Waals surface area contributed by atoms with Crippen LogP contribution in [-0.4, -0.2) is 30.7 Å². The predicted octanol–water partition coefficient (Wildman–Crippen LogP) is 2.56. The normalized spacial score (nSPS) is 11.1. The second-order valence-corrected chi connectivity index (χ2v) is 5.75. The van der Waals surface area contributed by atoms with Crippen molar-refractivity contribution in [2.45, 2.75) is 27.7 Å². The van der Waals surface area contributed by atoms with Gasteiger partial charge in [-0.25, -0.2) is 4.79 Å². The Bertz CT molecular complexity index is 504. The summed E-state index contributed by atoms with van der Waals surface area (Å²) in [7, 11) is 1.66. The van der Waals surface area contributed by atoms with Crippen LogP contribution in [0.3, 0.4) is 0 Å². The Morgan fingerprint density at radius 1 is 1.20 bits per heavy atom. The number of carboxylic acid groups (broad SMARTS) is 1. The number of nitrogens with one attached hydrogen (secondary N) is 1. The first-order valence-corrected chi connectivity index (χ1v) is 6.47. The third-order valence-corrected chi connectivity index (χ3v) is 3.16. The van der Waals surface area contributed by atoms with Crippen molar-refractivity contribution in [2.75, 3.05) is 18.5 Å². The molecule has 0 aromatic heterocycles. The molecule has 0 radical (unpaired) electrons. The highest BCUT2D eigenvalue weighted by Crippen LogP contribution is 2.18. The SMILES string of the molecule is Cc1cc(C)cc(N(C)C(=O)NCC(C)(C)C(=O)O)c1. The molecule has 0 spiro atoms. The third-order valence-electron chi connectivity index (χ3n) is 3.16. The van der Waals surface area contributed by atoms with E-state index in [-0.39, 0.29) is 12.6 Å². The van der Waals surface area contributed by atoms with Crippen molar-refractivity contribution in [1.29, 1.82) is 0 Å². The van der Waals surface area contributed by atoms with Gasteiger partial charge in [0.05, 0.1) is 5.41 Å². The van der Waals surface area contributed by atoms with Gasteiger partial charge in [-0.15, -0.1) is 0 Å². The molecule has 0 heterocycles. The van der Waals surface area contributed by atoms with Crippen LogP contribution in [0.1, 0.15) is 25.0 Å². The maximum Gasteiger partial charge on any atom is 0.321 e. The average molecular weight is 278 g/mol. The van der Waals surface area contributed by atoms with Crippen molar-refractivity contribution in [3.63, 3.8) is 0 Å². The van der Waals surface area contributed by atoms with Gasteiger partial charge < -0.3 is 10.4 Å². The summed E-state index contributed by atoms with van der Waals surface area (Å²) in [6.07, 6.45) is 0. The highest BCUT2D eigenvalue weighted by molar-refractivity contribution is 5.92. The van der Waals surface area contributed by atoms with E-state index in [2.05, 4.69) is 5.32 Å². The fourth-order valence-electron chi connectivity index (χ4n) is 1.75. The van der Waals surface area contributed by atoms with E-state index in [9.17, 15) is 9.59 Å². The Morgan fingerprint density at radius 2 is 1.70 bits per heavy atom. The fourth-order valence-corrected chi connectivity index (χ4v) is 1.75. The summed E-state index contributed by atoms with van der Waals surface area (Å²) in [4.78, 5) is 24.5. The quantitative estimate of drug-likeness (QED) is 0.889. The number of hydrogen-bond donors (Lipinski definition) is 2. The van der Waals surface area contributed by atoms with Gasteiger partial charge in [0.2, 0.25) is 0 Å². The zero-order chi connectivity index (χ0) is 15.5. The van der Waals surface area contributed by atoms with Gasteiger partial charge in [0.1, 0.15) is 0 Å². The molecule has 5 heteroatoms. The van der Waals surface area contributed by atoms with Crippen LogP contribution >= 0.6 is 0 Å². The lowest BCUT2D eigenvalue weighted by atomic mass is 9.94. The topological polar surface area (TPSA) is 69.6 Å². The summed E-state index contributed by atoms with van der Waals surface area (Å²) in [5.41, 5.74) is 1.95. The molecule has 2 N–H and O–H groups in total. The number of carboxylic acids is 1. The molecule has 0 aliphatic carbocycles. The van der Waals surface area contributed by atoms with Crippen molar-refractivity contribution < 1.29 is 14.7 Å². The maximum absolute atomic E-state index is 12.1. The van der Waals surface area contributed by atoms with Crippen molar-refractivity contribution in [3.8, 4) is 0 Å². The molecule has 1 aromatic rings. The Hall–Kier alpha value is -2.04. The van der Waals surface area contributed by atoms with Gasteiger partial charge in [0, 0.05) is 19.3 Å². The lowest BCUT2D eigenvalue weighted by molar-refractivity contribution is -0.146.